The highest BCUT2D eigenvalue weighted by molar-refractivity contribution is 5.86. The molecule has 0 aromatic carbocycles. The van der Waals surface area contributed by atoms with Gasteiger partial charge in [-0.1, -0.05) is 40.5 Å². The summed E-state index contributed by atoms with van der Waals surface area (Å²) in [6, 6.07) is 0. The van der Waals surface area contributed by atoms with Gasteiger partial charge in [-0.25, -0.2) is 9.78 Å². The number of Topliss-reactive ketones (excluding diaryl/α,β-unsaturated/α-hetero) is 1. The van der Waals surface area contributed by atoms with Crippen molar-refractivity contribution in [3.05, 3.63) is 27.2 Å². The van der Waals surface area contributed by atoms with E-state index >= 15 is 0 Å². The van der Waals surface area contributed by atoms with Gasteiger partial charge in [0.1, 0.15) is 5.54 Å². The molecule has 0 amide bonds. The number of unbranched alkanes of at least 4 members (excludes halogenated alkanes) is 2. The van der Waals surface area contributed by atoms with Gasteiger partial charge in [0, 0.05) is 13.1 Å². The fraction of sp³-hybridized carbons (Fsp3) is 0.700. The Morgan fingerprint density at radius 3 is 2.04 bits per heavy atom. The largest absolute Gasteiger partial charge is 0.332 e. The summed E-state index contributed by atoms with van der Waals surface area (Å²) in [5.41, 5.74) is -0.717. The molecule has 0 atom stereocenters. The summed E-state index contributed by atoms with van der Waals surface area (Å²) >= 11 is 0. The van der Waals surface area contributed by atoms with E-state index in [4.69, 9.17) is 0 Å². The molecule has 0 unspecified atom stereocenters. The Kier molecular flexibility index (Phi) is 6.78. The summed E-state index contributed by atoms with van der Waals surface area (Å²) < 4.78 is 4.63. The Bertz CT molecular complexity index is 916. The maximum atomic E-state index is 13.2. The average molecular weight is 377 g/mol. The molecule has 0 saturated heterocycles. The molecule has 0 aliphatic carbocycles. The number of hydrogen-bond donors (Lipinski definition) is 0. The lowest BCUT2D eigenvalue weighted by Gasteiger charge is -2.31. The summed E-state index contributed by atoms with van der Waals surface area (Å²) in [4.78, 5) is 43.2. The van der Waals surface area contributed by atoms with Crippen molar-refractivity contribution in [2.75, 3.05) is 0 Å². The van der Waals surface area contributed by atoms with Gasteiger partial charge in [-0.15, -0.1) is 0 Å². The highest BCUT2D eigenvalue weighted by Crippen LogP contribution is 2.29. The molecule has 7 nitrogen and oxygen atoms in total. The van der Waals surface area contributed by atoms with Crippen LogP contribution in [-0.2, 0) is 23.4 Å². The van der Waals surface area contributed by atoms with Crippen LogP contribution in [0.3, 0.4) is 0 Å². The van der Waals surface area contributed by atoms with Gasteiger partial charge in [0.2, 0.25) is 0 Å². The van der Waals surface area contributed by atoms with E-state index in [1.165, 1.54) is 4.57 Å². The number of carbonyl (C=O) groups excluding carboxylic acids is 1. The van der Waals surface area contributed by atoms with E-state index in [1.54, 1.807) is 22.4 Å². The summed E-state index contributed by atoms with van der Waals surface area (Å²) in [5, 5.41) is 0. The molecule has 0 N–H and O–H groups in total. The molecule has 2 aromatic rings. The summed E-state index contributed by atoms with van der Waals surface area (Å²) in [7, 11) is 0. The second kappa shape index (κ2) is 8.67. The van der Waals surface area contributed by atoms with Crippen LogP contribution in [0.1, 0.15) is 73.1 Å². The first-order valence-corrected chi connectivity index (χ1v) is 10.1. The standard InChI is InChI=1S/C20H32N4O3/c1-6-10-12-22-17-16(18(26)23(19(22)27)13-11-7-2)24(14-21-17)20(8-3,9-4)15(5)25/h14H,6-13H2,1-5H3. The summed E-state index contributed by atoms with van der Waals surface area (Å²) in [6.45, 7) is 10.4. The molecule has 0 aliphatic heterocycles. The number of fused-ring (bicyclic) bond motifs is 1. The van der Waals surface area contributed by atoms with Crippen LogP contribution in [0.25, 0.3) is 11.2 Å². The quantitative estimate of drug-likeness (QED) is 0.638. The lowest BCUT2D eigenvalue weighted by molar-refractivity contribution is -0.125. The number of aryl methyl sites for hydroxylation is 1. The van der Waals surface area contributed by atoms with E-state index in [9.17, 15) is 14.4 Å². The maximum Gasteiger partial charge on any atom is 0.332 e. The zero-order valence-electron chi connectivity index (χ0n) is 17.2. The predicted octanol–water partition coefficient (Wildman–Crippen LogP) is 3.06. The second-order valence-corrected chi connectivity index (χ2v) is 7.18. The minimum atomic E-state index is -0.816. The minimum absolute atomic E-state index is 0.00221. The number of imidazole rings is 1. The molecule has 2 rings (SSSR count). The highest BCUT2D eigenvalue weighted by atomic mass is 16.2. The van der Waals surface area contributed by atoms with Gasteiger partial charge in [-0.3, -0.25) is 18.7 Å². The van der Waals surface area contributed by atoms with Crippen LogP contribution >= 0.6 is 0 Å². The van der Waals surface area contributed by atoms with Gasteiger partial charge in [0.25, 0.3) is 5.56 Å². The van der Waals surface area contributed by atoms with E-state index < -0.39 is 5.54 Å². The van der Waals surface area contributed by atoms with Crippen molar-refractivity contribution in [1.82, 2.24) is 18.7 Å². The number of rotatable bonds is 10. The van der Waals surface area contributed by atoms with E-state index in [0.29, 0.717) is 37.1 Å². The van der Waals surface area contributed by atoms with Crippen LogP contribution in [0, 0.1) is 0 Å². The smallest absolute Gasteiger partial charge is 0.311 e. The highest BCUT2D eigenvalue weighted by Gasteiger charge is 2.36. The van der Waals surface area contributed by atoms with E-state index in [1.807, 2.05) is 20.8 Å². The zero-order chi connectivity index (χ0) is 20.2. The third-order valence-corrected chi connectivity index (χ3v) is 5.67. The Labute approximate surface area is 160 Å². The monoisotopic (exact) mass is 376 g/mol. The van der Waals surface area contributed by atoms with Crippen molar-refractivity contribution in [3.63, 3.8) is 0 Å². The van der Waals surface area contributed by atoms with Crippen LogP contribution in [-0.4, -0.2) is 24.5 Å². The molecular formula is C20H32N4O3. The molecule has 0 bridgehead atoms. The van der Waals surface area contributed by atoms with Gasteiger partial charge >= 0.3 is 5.69 Å². The van der Waals surface area contributed by atoms with Gasteiger partial charge < -0.3 is 4.57 Å². The Hall–Kier alpha value is -2.18. The number of aromatic nitrogens is 4. The predicted molar refractivity (Wildman–Crippen MR) is 107 cm³/mol. The van der Waals surface area contributed by atoms with Gasteiger partial charge in [0.15, 0.2) is 16.9 Å². The fourth-order valence-corrected chi connectivity index (χ4v) is 3.80. The molecule has 0 spiro atoms. The van der Waals surface area contributed by atoms with Crippen molar-refractivity contribution >= 4 is 16.9 Å². The van der Waals surface area contributed by atoms with Gasteiger partial charge in [-0.05, 0) is 32.6 Å². The first-order valence-electron chi connectivity index (χ1n) is 10.1. The molecule has 2 aromatic heterocycles. The van der Waals surface area contributed by atoms with Crippen molar-refractivity contribution in [2.45, 2.75) is 91.8 Å². The van der Waals surface area contributed by atoms with E-state index in [-0.39, 0.29) is 17.0 Å². The van der Waals surface area contributed by atoms with Crippen LogP contribution in [0.4, 0.5) is 0 Å². The number of ketones is 1. The number of carbonyl (C=O) groups is 1. The van der Waals surface area contributed by atoms with Crippen LogP contribution in [0.2, 0.25) is 0 Å². The SMILES string of the molecule is CCCCn1c(=O)c2c(ncn2C(CC)(CC)C(C)=O)n(CCCC)c1=O. The normalized spacial score (nSPS) is 12.0. The van der Waals surface area contributed by atoms with Crippen molar-refractivity contribution < 1.29 is 4.79 Å². The van der Waals surface area contributed by atoms with Crippen LogP contribution in [0.5, 0.6) is 0 Å². The summed E-state index contributed by atoms with van der Waals surface area (Å²) in [5.74, 6) is -0.00221. The van der Waals surface area contributed by atoms with Crippen molar-refractivity contribution in [3.8, 4) is 0 Å². The van der Waals surface area contributed by atoms with Crippen LogP contribution in [0.15, 0.2) is 15.9 Å². The molecule has 0 fully saturated rings. The third-order valence-electron chi connectivity index (χ3n) is 5.67. The summed E-state index contributed by atoms with van der Waals surface area (Å²) in [6.07, 6.45) is 6.09. The molecule has 7 heteroatoms. The molecule has 0 aliphatic rings. The Morgan fingerprint density at radius 1 is 1.00 bits per heavy atom. The van der Waals surface area contributed by atoms with E-state index in [0.717, 1.165) is 25.7 Å². The van der Waals surface area contributed by atoms with Gasteiger partial charge in [0.05, 0.1) is 6.33 Å². The molecule has 150 valence electrons. The molecule has 0 radical (unpaired) electrons. The topological polar surface area (TPSA) is 78.9 Å². The Morgan fingerprint density at radius 2 is 1.56 bits per heavy atom. The third kappa shape index (κ3) is 3.51. The molecule has 0 saturated carbocycles. The zero-order valence-corrected chi connectivity index (χ0v) is 17.2. The fourth-order valence-electron chi connectivity index (χ4n) is 3.80. The lowest BCUT2D eigenvalue weighted by Crippen LogP contribution is -2.44. The Balaban J connectivity index is 2.89. The van der Waals surface area contributed by atoms with Crippen molar-refractivity contribution in [2.24, 2.45) is 0 Å². The second-order valence-electron chi connectivity index (χ2n) is 7.18. The number of hydrogen-bond acceptors (Lipinski definition) is 4. The molecule has 27 heavy (non-hydrogen) atoms. The minimum Gasteiger partial charge on any atom is -0.311 e. The van der Waals surface area contributed by atoms with E-state index in [2.05, 4.69) is 11.9 Å². The molecule has 2 heterocycles. The van der Waals surface area contributed by atoms with Gasteiger partial charge in [-0.2, -0.15) is 0 Å². The average Bonchev–Trinajstić information content (AvgIpc) is 3.08. The van der Waals surface area contributed by atoms with Crippen LogP contribution < -0.4 is 11.2 Å². The molecular weight excluding hydrogens is 344 g/mol. The maximum absolute atomic E-state index is 13.2. The lowest BCUT2D eigenvalue weighted by atomic mass is 9.88. The first-order chi connectivity index (χ1) is 12.9. The first kappa shape index (κ1) is 21.1. The van der Waals surface area contributed by atoms with Crippen molar-refractivity contribution in [1.29, 1.82) is 0 Å². The number of nitrogens with zero attached hydrogens (tertiary/aromatic N) is 4.